The number of carbonyl (C=O) groups is 2. The molecule has 3 aromatic rings. The van der Waals surface area contributed by atoms with Crippen LogP contribution in [0.3, 0.4) is 0 Å². The molecule has 2 heterocycles. The number of likely N-dealkylation sites (N-methyl/N-ethyl adjacent to an activating group) is 1. The predicted octanol–water partition coefficient (Wildman–Crippen LogP) is 4.56. The molecule has 1 aliphatic heterocycles. The topological polar surface area (TPSA) is 86.5 Å². The largest absolute Gasteiger partial charge is 0.497 e. The SMILES string of the molecule is CCN(CC)CCNC(=O)c1c(C)[nH]c(/C=C2\C(=O)Nc3ccc(OC)cc32)c1-c1ccccc1. The molecule has 0 fully saturated rings. The zero-order chi connectivity index (χ0) is 24.9. The smallest absolute Gasteiger partial charge is 0.256 e. The average molecular weight is 473 g/mol. The molecule has 0 saturated heterocycles. The van der Waals surface area contributed by atoms with Crippen LogP contribution in [0.1, 0.15) is 41.2 Å². The van der Waals surface area contributed by atoms with E-state index < -0.39 is 0 Å². The molecule has 0 saturated carbocycles. The maximum absolute atomic E-state index is 13.3. The summed E-state index contributed by atoms with van der Waals surface area (Å²) in [5.41, 5.74) is 5.76. The summed E-state index contributed by atoms with van der Waals surface area (Å²) >= 11 is 0. The lowest BCUT2D eigenvalue weighted by molar-refractivity contribution is -0.110. The zero-order valence-electron chi connectivity index (χ0n) is 20.7. The number of hydrogen-bond donors (Lipinski definition) is 3. The number of amides is 2. The first-order valence-corrected chi connectivity index (χ1v) is 12.0. The quantitative estimate of drug-likeness (QED) is 0.399. The molecule has 0 unspecified atom stereocenters. The molecule has 3 N–H and O–H groups in total. The number of methoxy groups -OCH3 is 1. The second-order valence-corrected chi connectivity index (χ2v) is 8.49. The summed E-state index contributed by atoms with van der Waals surface area (Å²) in [6.07, 6.45) is 1.82. The number of ether oxygens (including phenoxy) is 1. The Morgan fingerprint density at radius 3 is 2.54 bits per heavy atom. The fourth-order valence-electron chi connectivity index (χ4n) is 4.48. The van der Waals surface area contributed by atoms with Crippen LogP contribution in [0.2, 0.25) is 0 Å². The maximum Gasteiger partial charge on any atom is 0.256 e. The van der Waals surface area contributed by atoms with Gasteiger partial charge in [0.05, 0.1) is 18.2 Å². The predicted molar refractivity (Wildman–Crippen MR) is 141 cm³/mol. The van der Waals surface area contributed by atoms with Crippen molar-refractivity contribution in [2.75, 3.05) is 38.6 Å². The van der Waals surface area contributed by atoms with Crippen molar-refractivity contribution in [2.45, 2.75) is 20.8 Å². The minimum Gasteiger partial charge on any atom is -0.497 e. The molecule has 7 heteroatoms. The molecule has 0 spiro atoms. The summed E-state index contributed by atoms with van der Waals surface area (Å²) in [4.78, 5) is 31.8. The molecule has 4 rings (SSSR count). The van der Waals surface area contributed by atoms with E-state index in [0.29, 0.717) is 29.1 Å². The number of rotatable bonds is 9. The van der Waals surface area contributed by atoms with E-state index in [0.717, 1.165) is 47.7 Å². The van der Waals surface area contributed by atoms with Crippen LogP contribution in [0.4, 0.5) is 5.69 Å². The van der Waals surface area contributed by atoms with Gasteiger partial charge in [-0.2, -0.15) is 0 Å². The van der Waals surface area contributed by atoms with Crippen molar-refractivity contribution in [3.8, 4) is 16.9 Å². The fraction of sp³-hybridized carbons (Fsp3) is 0.286. The molecule has 35 heavy (non-hydrogen) atoms. The van der Waals surface area contributed by atoms with Crippen molar-refractivity contribution in [1.82, 2.24) is 15.2 Å². The molecule has 0 aliphatic carbocycles. The first-order valence-electron chi connectivity index (χ1n) is 12.0. The summed E-state index contributed by atoms with van der Waals surface area (Å²) in [6, 6.07) is 15.3. The number of nitrogens with zero attached hydrogens (tertiary/aromatic N) is 1. The maximum atomic E-state index is 13.3. The number of H-pyrrole nitrogens is 1. The van der Waals surface area contributed by atoms with Crippen molar-refractivity contribution in [1.29, 1.82) is 0 Å². The highest BCUT2D eigenvalue weighted by molar-refractivity contribution is 6.35. The van der Waals surface area contributed by atoms with Crippen molar-refractivity contribution >= 4 is 29.2 Å². The van der Waals surface area contributed by atoms with Crippen LogP contribution in [0.5, 0.6) is 5.75 Å². The molecule has 1 aromatic heterocycles. The van der Waals surface area contributed by atoms with E-state index in [9.17, 15) is 9.59 Å². The minimum absolute atomic E-state index is 0.132. The normalized spacial score (nSPS) is 13.7. The summed E-state index contributed by atoms with van der Waals surface area (Å²) in [7, 11) is 1.60. The Hall–Kier alpha value is -3.84. The van der Waals surface area contributed by atoms with Gasteiger partial charge in [0.2, 0.25) is 0 Å². The number of nitrogens with one attached hydrogen (secondary N) is 3. The molecular weight excluding hydrogens is 440 g/mol. The monoisotopic (exact) mass is 472 g/mol. The van der Waals surface area contributed by atoms with Gasteiger partial charge in [-0.1, -0.05) is 44.2 Å². The van der Waals surface area contributed by atoms with Gasteiger partial charge in [-0.25, -0.2) is 0 Å². The third-order valence-electron chi connectivity index (χ3n) is 6.41. The van der Waals surface area contributed by atoms with Gasteiger partial charge in [-0.3, -0.25) is 9.59 Å². The van der Waals surface area contributed by atoms with Gasteiger partial charge in [0.25, 0.3) is 11.8 Å². The number of aryl methyl sites for hydroxylation is 1. The highest BCUT2D eigenvalue weighted by Crippen LogP contribution is 2.38. The molecular formula is C28H32N4O3. The number of anilines is 1. The van der Waals surface area contributed by atoms with E-state index in [2.05, 4.69) is 34.4 Å². The van der Waals surface area contributed by atoms with Crippen LogP contribution in [0.15, 0.2) is 48.5 Å². The highest BCUT2D eigenvalue weighted by Gasteiger charge is 2.27. The van der Waals surface area contributed by atoms with Crippen LogP contribution in [0.25, 0.3) is 22.8 Å². The van der Waals surface area contributed by atoms with Gasteiger partial charge in [0.1, 0.15) is 5.75 Å². The van der Waals surface area contributed by atoms with Gasteiger partial charge < -0.3 is 25.3 Å². The zero-order valence-corrected chi connectivity index (χ0v) is 20.7. The van der Waals surface area contributed by atoms with E-state index in [4.69, 9.17) is 4.74 Å². The molecule has 182 valence electrons. The lowest BCUT2D eigenvalue weighted by Crippen LogP contribution is -2.35. The molecule has 0 atom stereocenters. The lowest BCUT2D eigenvalue weighted by Gasteiger charge is -2.18. The molecule has 0 radical (unpaired) electrons. The summed E-state index contributed by atoms with van der Waals surface area (Å²) < 4.78 is 5.36. The van der Waals surface area contributed by atoms with Gasteiger partial charge >= 0.3 is 0 Å². The van der Waals surface area contributed by atoms with E-state index >= 15 is 0 Å². The van der Waals surface area contributed by atoms with Crippen LogP contribution < -0.4 is 15.4 Å². The summed E-state index contributed by atoms with van der Waals surface area (Å²) in [6.45, 7) is 9.35. The summed E-state index contributed by atoms with van der Waals surface area (Å²) in [5.74, 6) is 0.350. The molecule has 2 aromatic carbocycles. The standard InChI is InChI=1S/C28H32N4O3/c1-5-32(6-2)15-14-29-28(34)25-18(3)30-24(26(25)19-10-8-7-9-11-19)17-22-21-16-20(35-4)12-13-23(21)31-27(22)33/h7-13,16-17,30H,5-6,14-15H2,1-4H3,(H,29,34)(H,31,33)/b22-17-. The van der Waals surface area contributed by atoms with Crippen LogP contribution in [0, 0.1) is 6.92 Å². The van der Waals surface area contributed by atoms with E-state index in [1.807, 2.05) is 61.5 Å². The second kappa shape index (κ2) is 10.6. The van der Waals surface area contributed by atoms with Crippen molar-refractivity contribution in [2.24, 2.45) is 0 Å². The third-order valence-corrected chi connectivity index (χ3v) is 6.41. The van der Waals surface area contributed by atoms with E-state index in [-0.39, 0.29) is 11.8 Å². The van der Waals surface area contributed by atoms with Gasteiger partial charge in [-0.15, -0.1) is 0 Å². The second-order valence-electron chi connectivity index (χ2n) is 8.49. The number of aromatic amines is 1. The Balaban J connectivity index is 1.76. The molecule has 2 amide bonds. The average Bonchev–Trinajstić information content (AvgIpc) is 3.37. The number of hydrogen-bond acceptors (Lipinski definition) is 4. The molecule has 0 bridgehead atoms. The van der Waals surface area contributed by atoms with Gasteiger partial charge in [0, 0.05) is 41.3 Å². The van der Waals surface area contributed by atoms with Gasteiger partial charge in [0.15, 0.2) is 0 Å². The third kappa shape index (κ3) is 5.00. The van der Waals surface area contributed by atoms with E-state index in [1.54, 1.807) is 7.11 Å². The van der Waals surface area contributed by atoms with Crippen molar-refractivity contribution < 1.29 is 14.3 Å². The Labute approximate surface area is 206 Å². The molecule has 1 aliphatic rings. The van der Waals surface area contributed by atoms with Crippen molar-refractivity contribution in [3.63, 3.8) is 0 Å². The number of fused-ring (bicyclic) bond motifs is 1. The van der Waals surface area contributed by atoms with Crippen LogP contribution >= 0.6 is 0 Å². The number of aromatic nitrogens is 1. The Kier molecular flexibility index (Phi) is 7.36. The minimum atomic E-state index is -0.190. The fourth-order valence-corrected chi connectivity index (χ4v) is 4.48. The van der Waals surface area contributed by atoms with Crippen molar-refractivity contribution in [3.05, 3.63) is 71.0 Å². The Bertz CT molecular complexity index is 1260. The highest BCUT2D eigenvalue weighted by atomic mass is 16.5. The van der Waals surface area contributed by atoms with E-state index in [1.165, 1.54) is 0 Å². The molecule has 7 nitrogen and oxygen atoms in total. The first-order chi connectivity index (χ1) is 17.0. The Morgan fingerprint density at radius 1 is 1.11 bits per heavy atom. The Morgan fingerprint density at radius 2 is 1.86 bits per heavy atom. The first kappa shape index (κ1) is 24.3. The van der Waals surface area contributed by atoms with Crippen LogP contribution in [-0.4, -0.2) is 55.0 Å². The number of benzene rings is 2. The number of carbonyl (C=O) groups excluding carboxylic acids is 2. The van der Waals surface area contributed by atoms with Crippen LogP contribution in [-0.2, 0) is 4.79 Å². The van der Waals surface area contributed by atoms with Gasteiger partial charge in [-0.05, 0) is 49.9 Å². The summed E-state index contributed by atoms with van der Waals surface area (Å²) in [5, 5.41) is 5.99. The lowest BCUT2D eigenvalue weighted by atomic mass is 9.97.